The zero-order chi connectivity index (χ0) is 16.9. The maximum atomic E-state index is 12.0. The minimum absolute atomic E-state index is 0.410. The van der Waals surface area contributed by atoms with Crippen LogP contribution < -0.4 is 9.47 Å². The van der Waals surface area contributed by atoms with Crippen molar-refractivity contribution in [1.82, 2.24) is 0 Å². The summed E-state index contributed by atoms with van der Waals surface area (Å²) in [6, 6.07) is 14.9. The maximum Gasteiger partial charge on any atom is 0.368 e. The molecular formula is C19H17NO4. The van der Waals surface area contributed by atoms with Crippen molar-refractivity contribution < 1.29 is 19.1 Å². The van der Waals surface area contributed by atoms with E-state index in [0.717, 1.165) is 11.1 Å². The molecule has 5 nitrogen and oxygen atoms in total. The van der Waals surface area contributed by atoms with Gasteiger partial charge in [0.1, 0.15) is 5.71 Å². The number of methoxy groups -OCH3 is 1. The lowest BCUT2D eigenvalue weighted by Gasteiger charge is -2.09. The molecule has 5 heteroatoms. The summed E-state index contributed by atoms with van der Waals surface area (Å²) in [5.74, 6) is 0.797. The minimum Gasteiger partial charge on any atom is -0.493 e. The summed E-state index contributed by atoms with van der Waals surface area (Å²) in [5.41, 5.74) is 2.56. The largest absolute Gasteiger partial charge is 0.493 e. The standard InChI is InChI=1S/C19H17NO4/c1-3-23-16-10-9-13(12-17(16)22-2)11-15-18(20-24-19(15)21)14-7-5-4-6-8-14/h4-12H,3H2,1-2H3/b15-11-. The fourth-order valence-electron chi connectivity index (χ4n) is 2.43. The molecule has 0 aromatic heterocycles. The topological polar surface area (TPSA) is 57.1 Å². The normalized spacial score (nSPS) is 15.2. The average molecular weight is 323 g/mol. The van der Waals surface area contributed by atoms with Gasteiger partial charge in [0.25, 0.3) is 0 Å². The fraction of sp³-hybridized carbons (Fsp3) is 0.158. The van der Waals surface area contributed by atoms with E-state index in [4.69, 9.17) is 14.3 Å². The van der Waals surface area contributed by atoms with Crippen molar-refractivity contribution in [3.63, 3.8) is 0 Å². The van der Waals surface area contributed by atoms with Crippen LogP contribution in [0.2, 0.25) is 0 Å². The molecule has 0 N–H and O–H groups in total. The Bertz CT molecular complexity index is 809. The van der Waals surface area contributed by atoms with Gasteiger partial charge >= 0.3 is 5.97 Å². The SMILES string of the molecule is CCOc1ccc(/C=C2\C(=O)ON=C2c2ccccc2)cc1OC. The van der Waals surface area contributed by atoms with Crippen molar-refractivity contribution in [2.45, 2.75) is 6.92 Å². The molecule has 0 amide bonds. The quantitative estimate of drug-likeness (QED) is 0.625. The molecule has 0 unspecified atom stereocenters. The van der Waals surface area contributed by atoms with E-state index in [1.807, 2.05) is 55.5 Å². The summed E-state index contributed by atoms with van der Waals surface area (Å²) < 4.78 is 10.8. The van der Waals surface area contributed by atoms with Crippen LogP contribution in [-0.2, 0) is 9.63 Å². The molecule has 0 fully saturated rings. The maximum absolute atomic E-state index is 12.0. The van der Waals surface area contributed by atoms with Crippen LogP contribution in [0.4, 0.5) is 0 Å². The first-order valence-corrected chi connectivity index (χ1v) is 7.60. The number of carbonyl (C=O) groups is 1. The molecule has 2 aromatic carbocycles. The molecule has 0 atom stereocenters. The summed E-state index contributed by atoms with van der Waals surface area (Å²) >= 11 is 0. The van der Waals surface area contributed by atoms with Gasteiger partial charge < -0.3 is 14.3 Å². The van der Waals surface area contributed by atoms with Crippen LogP contribution in [0.1, 0.15) is 18.1 Å². The number of ether oxygens (including phenoxy) is 2. The fourth-order valence-corrected chi connectivity index (χ4v) is 2.43. The van der Waals surface area contributed by atoms with E-state index in [0.29, 0.717) is 29.4 Å². The highest BCUT2D eigenvalue weighted by Crippen LogP contribution is 2.30. The molecule has 1 heterocycles. The highest BCUT2D eigenvalue weighted by molar-refractivity contribution is 6.31. The molecule has 0 radical (unpaired) electrons. The Labute approximate surface area is 140 Å². The molecule has 0 bridgehead atoms. The first-order valence-electron chi connectivity index (χ1n) is 7.60. The van der Waals surface area contributed by atoms with Gasteiger partial charge in [0.2, 0.25) is 0 Å². The molecule has 0 aliphatic carbocycles. The van der Waals surface area contributed by atoms with Crippen molar-refractivity contribution in [1.29, 1.82) is 0 Å². The van der Waals surface area contributed by atoms with Crippen LogP contribution in [-0.4, -0.2) is 25.4 Å². The van der Waals surface area contributed by atoms with Crippen LogP contribution in [0.5, 0.6) is 11.5 Å². The lowest BCUT2D eigenvalue weighted by atomic mass is 10.0. The number of hydrogen-bond donors (Lipinski definition) is 0. The van der Waals surface area contributed by atoms with Gasteiger partial charge in [-0.1, -0.05) is 41.6 Å². The summed E-state index contributed by atoms with van der Waals surface area (Å²) in [5, 5.41) is 3.90. The van der Waals surface area contributed by atoms with Crippen LogP contribution in [0.3, 0.4) is 0 Å². The van der Waals surface area contributed by atoms with Crippen molar-refractivity contribution in [2.24, 2.45) is 5.16 Å². The Morgan fingerprint density at radius 1 is 1.12 bits per heavy atom. The predicted octanol–water partition coefficient (Wildman–Crippen LogP) is 3.44. The van der Waals surface area contributed by atoms with Gasteiger partial charge in [0.15, 0.2) is 11.5 Å². The first kappa shape index (κ1) is 15.8. The number of benzene rings is 2. The van der Waals surface area contributed by atoms with Gasteiger partial charge in [-0.05, 0) is 30.7 Å². The van der Waals surface area contributed by atoms with Gasteiger partial charge in [0.05, 0.1) is 19.3 Å². The Morgan fingerprint density at radius 2 is 1.92 bits per heavy atom. The molecule has 122 valence electrons. The Hall–Kier alpha value is -3.08. The molecule has 1 aliphatic rings. The Balaban J connectivity index is 1.97. The molecular weight excluding hydrogens is 306 g/mol. The molecule has 1 aliphatic heterocycles. The molecule has 0 spiro atoms. The second-order valence-electron chi connectivity index (χ2n) is 5.09. The number of hydrogen-bond acceptors (Lipinski definition) is 5. The van der Waals surface area contributed by atoms with E-state index in [-0.39, 0.29) is 0 Å². The summed E-state index contributed by atoms with van der Waals surface area (Å²) in [7, 11) is 1.58. The second-order valence-corrected chi connectivity index (χ2v) is 5.09. The number of nitrogens with zero attached hydrogens (tertiary/aromatic N) is 1. The van der Waals surface area contributed by atoms with Gasteiger partial charge in [-0.25, -0.2) is 4.79 Å². The van der Waals surface area contributed by atoms with Crippen molar-refractivity contribution in [2.75, 3.05) is 13.7 Å². The summed E-state index contributed by atoms with van der Waals surface area (Å²) in [6.07, 6.45) is 1.74. The van der Waals surface area contributed by atoms with Gasteiger partial charge in [0, 0.05) is 5.56 Å². The Morgan fingerprint density at radius 3 is 2.62 bits per heavy atom. The third kappa shape index (κ3) is 3.15. The monoisotopic (exact) mass is 323 g/mol. The van der Waals surface area contributed by atoms with E-state index in [2.05, 4.69) is 5.16 Å². The smallest absolute Gasteiger partial charge is 0.368 e. The molecule has 2 aromatic rings. The molecule has 0 saturated carbocycles. The summed E-state index contributed by atoms with van der Waals surface area (Å²) in [6.45, 7) is 2.46. The van der Waals surface area contributed by atoms with E-state index < -0.39 is 5.97 Å². The number of oxime groups is 1. The molecule has 3 rings (SSSR count). The van der Waals surface area contributed by atoms with Crippen LogP contribution in [0, 0.1) is 0 Å². The lowest BCUT2D eigenvalue weighted by molar-refractivity contribution is -0.136. The zero-order valence-corrected chi connectivity index (χ0v) is 13.5. The van der Waals surface area contributed by atoms with Crippen LogP contribution in [0.25, 0.3) is 6.08 Å². The van der Waals surface area contributed by atoms with E-state index >= 15 is 0 Å². The van der Waals surface area contributed by atoms with E-state index in [1.54, 1.807) is 13.2 Å². The van der Waals surface area contributed by atoms with Crippen LogP contribution >= 0.6 is 0 Å². The van der Waals surface area contributed by atoms with Crippen LogP contribution in [0.15, 0.2) is 59.3 Å². The third-order valence-electron chi connectivity index (χ3n) is 3.54. The molecule has 24 heavy (non-hydrogen) atoms. The number of carbonyl (C=O) groups excluding carboxylic acids is 1. The lowest BCUT2D eigenvalue weighted by Crippen LogP contribution is -2.06. The highest BCUT2D eigenvalue weighted by Gasteiger charge is 2.26. The van der Waals surface area contributed by atoms with Gasteiger partial charge in [-0.2, -0.15) is 0 Å². The first-order chi connectivity index (χ1) is 11.7. The zero-order valence-electron chi connectivity index (χ0n) is 13.5. The van der Waals surface area contributed by atoms with Crippen molar-refractivity contribution in [3.8, 4) is 11.5 Å². The van der Waals surface area contributed by atoms with E-state index in [9.17, 15) is 4.79 Å². The third-order valence-corrected chi connectivity index (χ3v) is 3.54. The van der Waals surface area contributed by atoms with E-state index in [1.165, 1.54) is 0 Å². The number of rotatable bonds is 5. The Kier molecular flexibility index (Phi) is 4.61. The van der Waals surface area contributed by atoms with Gasteiger partial charge in [-0.15, -0.1) is 0 Å². The highest BCUT2D eigenvalue weighted by atomic mass is 16.7. The average Bonchev–Trinajstić information content (AvgIpc) is 2.98. The summed E-state index contributed by atoms with van der Waals surface area (Å²) in [4.78, 5) is 16.9. The minimum atomic E-state index is -0.471. The van der Waals surface area contributed by atoms with Crippen molar-refractivity contribution >= 4 is 17.8 Å². The second kappa shape index (κ2) is 7.00. The predicted molar refractivity (Wildman–Crippen MR) is 91.2 cm³/mol. The molecule has 0 saturated heterocycles. The van der Waals surface area contributed by atoms with Crippen molar-refractivity contribution in [3.05, 3.63) is 65.2 Å². The van der Waals surface area contributed by atoms with Gasteiger partial charge in [-0.3, -0.25) is 0 Å².